The lowest BCUT2D eigenvalue weighted by atomic mass is 10.2. The highest BCUT2D eigenvalue weighted by Crippen LogP contribution is 2.21. The van der Waals surface area contributed by atoms with E-state index in [9.17, 15) is 15.3 Å². The van der Waals surface area contributed by atoms with Crippen LogP contribution in [-0.4, -0.2) is 46.9 Å². The Bertz CT molecular complexity index is 700. The van der Waals surface area contributed by atoms with Gasteiger partial charge in [-0.3, -0.25) is 9.98 Å². The Morgan fingerprint density at radius 1 is 0.833 bits per heavy atom. The zero-order valence-corrected chi connectivity index (χ0v) is 15.8. The molecule has 2 aromatic carbocycles. The van der Waals surface area contributed by atoms with Gasteiger partial charge in [0.1, 0.15) is 11.5 Å². The van der Waals surface area contributed by atoms with Crippen LogP contribution < -0.4 is 0 Å². The van der Waals surface area contributed by atoms with Crippen molar-refractivity contribution >= 4 is 44.3 Å². The molecule has 0 saturated heterocycles. The van der Waals surface area contributed by atoms with Crippen LogP contribution in [0.15, 0.2) is 55.3 Å². The van der Waals surface area contributed by atoms with Crippen molar-refractivity contribution in [1.82, 2.24) is 0 Å². The van der Waals surface area contributed by atoms with E-state index in [1.54, 1.807) is 36.4 Å². The second-order valence-electron chi connectivity index (χ2n) is 5.05. The molecule has 0 aromatic heterocycles. The summed E-state index contributed by atoms with van der Waals surface area (Å²) >= 11 is 6.64. The monoisotopic (exact) mass is 454 g/mol. The van der Waals surface area contributed by atoms with E-state index < -0.39 is 6.10 Å². The second-order valence-corrected chi connectivity index (χ2v) is 6.88. The summed E-state index contributed by atoms with van der Waals surface area (Å²) in [6.07, 6.45) is 2.27. The van der Waals surface area contributed by atoms with E-state index >= 15 is 0 Å². The van der Waals surface area contributed by atoms with Crippen molar-refractivity contribution in [2.24, 2.45) is 9.98 Å². The molecule has 0 saturated carbocycles. The summed E-state index contributed by atoms with van der Waals surface area (Å²) in [5.41, 5.74) is 1.14. The summed E-state index contributed by atoms with van der Waals surface area (Å²) in [6.45, 7) is 0.321. The molecule has 0 aliphatic rings. The van der Waals surface area contributed by atoms with Crippen LogP contribution >= 0.6 is 31.9 Å². The molecule has 24 heavy (non-hydrogen) atoms. The highest BCUT2D eigenvalue weighted by molar-refractivity contribution is 9.10. The van der Waals surface area contributed by atoms with Crippen molar-refractivity contribution in [2.45, 2.75) is 6.10 Å². The SMILES string of the molecule is Oc1ccc(Br)cc1C=NCC(O)CN=Cc1cc(Br)ccc1O. The van der Waals surface area contributed by atoms with Gasteiger partial charge in [-0.05, 0) is 36.4 Å². The number of hydrogen-bond donors (Lipinski definition) is 3. The number of aliphatic hydroxyl groups is 1. The van der Waals surface area contributed by atoms with E-state index in [0.717, 1.165) is 8.95 Å². The number of phenolic OH excluding ortho intramolecular Hbond substituents is 2. The molecule has 0 spiro atoms. The third kappa shape index (κ3) is 5.74. The number of hydrogen-bond acceptors (Lipinski definition) is 5. The summed E-state index contributed by atoms with van der Waals surface area (Å²) in [5, 5.41) is 29.3. The molecule has 5 nitrogen and oxygen atoms in total. The van der Waals surface area contributed by atoms with E-state index in [1.807, 2.05) is 0 Å². The van der Waals surface area contributed by atoms with Crippen molar-refractivity contribution in [2.75, 3.05) is 13.1 Å². The number of benzene rings is 2. The van der Waals surface area contributed by atoms with Crippen molar-refractivity contribution in [1.29, 1.82) is 0 Å². The van der Waals surface area contributed by atoms with Crippen LogP contribution in [0.5, 0.6) is 11.5 Å². The van der Waals surface area contributed by atoms with Gasteiger partial charge in [-0.2, -0.15) is 0 Å². The molecule has 7 heteroatoms. The van der Waals surface area contributed by atoms with Crippen molar-refractivity contribution in [3.63, 3.8) is 0 Å². The number of nitrogens with zero attached hydrogens (tertiary/aromatic N) is 2. The molecular weight excluding hydrogens is 440 g/mol. The molecule has 0 aliphatic heterocycles. The first-order valence-electron chi connectivity index (χ1n) is 7.10. The van der Waals surface area contributed by atoms with Crippen molar-refractivity contribution in [3.8, 4) is 11.5 Å². The van der Waals surface area contributed by atoms with Crippen LogP contribution in [-0.2, 0) is 0 Å². The average Bonchev–Trinajstić information content (AvgIpc) is 2.54. The standard InChI is InChI=1S/C17H16Br2N2O3/c18-13-1-3-16(23)11(5-13)7-20-9-15(22)10-21-8-12-6-14(19)2-4-17(12)24/h1-8,15,22-24H,9-10H2. The fourth-order valence-electron chi connectivity index (χ4n) is 1.86. The molecule has 0 amide bonds. The summed E-state index contributed by atoms with van der Waals surface area (Å²) in [5.74, 6) is 0.249. The lowest BCUT2D eigenvalue weighted by Gasteiger charge is -2.04. The Kier molecular flexibility index (Phi) is 6.96. The minimum atomic E-state index is -0.749. The van der Waals surface area contributed by atoms with E-state index in [0.29, 0.717) is 11.1 Å². The minimum Gasteiger partial charge on any atom is -0.507 e. The molecule has 0 fully saturated rings. The second kappa shape index (κ2) is 8.96. The Hall–Kier alpha value is -1.70. The largest absolute Gasteiger partial charge is 0.507 e. The number of aromatic hydroxyl groups is 2. The zero-order chi connectivity index (χ0) is 17.5. The number of phenols is 2. The van der Waals surface area contributed by atoms with Gasteiger partial charge in [0.25, 0.3) is 0 Å². The lowest BCUT2D eigenvalue weighted by molar-refractivity contribution is 0.193. The van der Waals surface area contributed by atoms with Gasteiger partial charge < -0.3 is 15.3 Å². The van der Waals surface area contributed by atoms with Gasteiger partial charge in [0.15, 0.2) is 0 Å². The van der Waals surface area contributed by atoms with Crippen LogP contribution in [0.2, 0.25) is 0 Å². The van der Waals surface area contributed by atoms with E-state index in [-0.39, 0.29) is 24.6 Å². The summed E-state index contributed by atoms with van der Waals surface area (Å²) < 4.78 is 1.67. The predicted molar refractivity (Wildman–Crippen MR) is 103 cm³/mol. The topological polar surface area (TPSA) is 85.4 Å². The highest BCUT2D eigenvalue weighted by Gasteiger charge is 2.03. The first-order chi connectivity index (χ1) is 11.5. The molecule has 0 unspecified atom stereocenters. The Morgan fingerprint density at radius 2 is 1.25 bits per heavy atom. The Morgan fingerprint density at radius 3 is 1.67 bits per heavy atom. The molecule has 0 atom stereocenters. The first-order valence-corrected chi connectivity index (χ1v) is 8.69. The van der Waals surface area contributed by atoms with E-state index in [4.69, 9.17) is 0 Å². The smallest absolute Gasteiger partial charge is 0.124 e. The van der Waals surface area contributed by atoms with Crippen LogP contribution in [0, 0.1) is 0 Å². The normalized spacial score (nSPS) is 13.0. The maximum absolute atomic E-state index is 9.88. The third-order valence-corrected chi connectivity index (χ3v) is 4.06. The molecule has 0 aliphatic carbocycles. The average molecular weight is 456 g/mol. The minimum absolute atomic E-state index is 0.125. The van der Waals surface area contributed by atoms with Crippen molar-refractivity contribution < 1.29 is 15.3 Å². The fourth-order valence-corrected chi connectivity index (χ4v) is 2.62. The summed E-state index contributed by atoms with van der Waals surface area (Å²) in [4.78, 5) is 8.23. The summed E-state index contributed by atoms with van der Waals surface area (Å²) in [6, 6.07) is 10.1. The Labute approximate surface area is 156 Å². The molecule has 126 valence electrons. The molecule has 0 bridgehead atoms. The molecule has 2 rings (SSSR count). The van der Waals surface area contributed by atoms with Crippen LogP contribution in [0.4, 0.5) is 0 Å². The molecule has 3 N–H and O–H groups in total. The lowest BCUT2D eigenvalue weighted by Crippen LogP contribution is -2.15. The van der Waals surface area contributed by atoms with Gasteiger partial charge in [-0.15, -0.1) is 0 Å². The molecule has 0 radical (unpaired) electrons. The van der Waals surface area contributed by atoms with Crippen LogP contribution in [0.3, 0.4) is 0 Å². The van der Waals surface area contributed by atoms with Gasteiger partial charge in [0.2, 0.25) is 0 Å². The van der Waals surface area contributed by atoms with Gasteiger partial charge in [-0.1, -0.05) is 31.9 Å². The fraction of sp³-hybridized carbons (Fsp3) is 0.176. The van der Waals surface area contributed by atoms with Crippen molar-refractivity contribution in [3.05, 3.63) is 56.5 Å². The van der Waals surface area contributed by atoms with Gasteiger partial charge in [0.05, 0.1) is 19.2 Å². The predicted octanol–water partition coefficient (Wildman–Crippen LogP) is 3.52. The summed E-state index contributed by atoms with van der Waals surface area (Å²) in [7, 11) is 0. The van der Waals surface area contributed by atoms with Crippen LogP contribution in [0.25, 0.3) is 0 Å². The third-order valence-electron chi connectivity index (χ3n) is 3.07. The number of aliphatic hydroxyl groups excluding tert-OH is 1. The van der Waals surface area contributed by atoms with Gasteiger partial charge in [-0.25, -0.2) is 0 Å². The van der Waals surface area contributed by atoms with Gasteiger partial charge in [0, 0.05) is 32.5 Å². The maximum atomic E-state index is 9.88. The number of halogens is 2. The number of rotatable bonds is 6. The maximum Gasteiger partial charge on any atom is 0.124 e. The first kappa shape index (κ1) is 18.6. The van der Waals surface area contributed by atoms with Crippen LogP contribution in [0.1, 0.15) is 11.1 Å². The molecular formula is C17H16Br2N2O3. The number of aliphatic imine (C=N–C) groups is 2. The van der Waals surface area contributed by atoms with E-state index in [1.165, 1.54) is 12.4 Å². The van der Waals surface area contributed by atoms with Gasteiger partial charge >= 0.3 is 0 Å². The highest BCUT2D eigenvalue weighted by atomic mass is 79.9. The quantitative estimate of drug-likeness (QED) is 0.582. The molecule has 2 aromatic rings. The Balaban J connectivity index is 1.88. The molecule has 0 heterocycles. The van der Waals surface area contributed by atoms with E-state index in [2.05, 4.69) is 41.8 Å². The zero-order valence-electron chi connectivity index (χ0n) is 12.6.